The van der Waals surface area contributed by atoms with Crippen LogP contribution in [0.15, 0.2) is 36.9 Å². The summed E-state index contributed by atoms with van der Waals surface area (Å²) in [4.78, 5) is 20.8. The molecule has 0 radical (unpaired) electrons. The molecule has 0 aliphatic rings. The van der Waals surface area contributed by atoms with E-state index in [1.807, 2.05) is 0 Å². The quantitative estimate of drug-likeness (QED) is 0.366. The molecule has 0 atom stereocenters. The van der Waals surface area contributed by atoms with Crippen LogP contribution in [0.5, 0.6) is 11.5 Å². The predicted molar refractivity (Wildman–Crippen MR) is 63.4 cm³/mol. The van der Waals surface area contributed by atoms with Crippen LogP contribution in [0, 0.1) is 0 Å². The highest BCUT2D eigenvalue weighted by atomic mass is 35.5. The zero-order valence-electron chi connectivity index (χ0n) is 8.56. The Balaban J connectivity index is 2.75. The second-order valence-electron chi connectivity index (χ2n) is 2.82. The van der Waals surface area contributed by atoms with Gasteiger partial charge in [-0.15, -0.1) is 0 Å². The van der Waals surface area contributed by atoms with Crippen LogP contribution in [0.1, 0.15) is 0 Å². The van der Waals surface area contributed by atoms with Crippen molar-refractivity contribution in [3.63, 3.8) is 0 Å². The molecule has 0 N–H and O–H groups in total. The fourth-order valence-electron chi connectivity index (χ4n) is 0.920. The Morgan fingerprint density at radius 1 is 1.24 bits per heavy atom. The monoisotopic (exact) mass is 274 g/mol. The fraction of sp³-hybridized carbons (Fsp3) is 0.0909. The molecule has 0 fully saturated rings. The van der Waals surface area contributed by atoms with Gasteiger partial charge in [-0.3, -0.25) is 0 Å². The van der Waals surface area contributed by atoms with E-state index in [0.717, 1.165) is 6.08 Å². The van der Waals surface area contributed by atoms with Crippen LogP contribution in [-0.4, -0.2) is 16.8 Å². The zero-order chi connectivity index (χ0) is 12.8. The van der Waals surface area contributed by atoms with Gasteiger partial charge in [0.15, 0.2) is 0 Å². The molecule has 0 bridgehead atoms. The lowest BCUT2D eigenvalue weighted by atomic mass is 10.3. The zero-order valence-corrected chi connectivity index (χ0v) is 10.1. The summed E-state index contributed by atoms with van der Waals surface area (Å²) in [6, 6.07) is 5.93. The molecule has 17 heavy (non-hydrogen) atoms. The molecule has 90 valence electrons. The maximum Gasteiger partial charge on any atom is 0.344 e. The minimum Gasteiger partial charge on any atom is -0.424 e. The third-order valence-corrected chi connectivity index (χ3v) is 1.94. The van der Waals surface area contributed by atoms with E-state index in [1.165, 1.54) is 18.2 Å². The number of hydrogen-bond donors (Lipinski definition) is 0. The van der Waals surface area contributed by atoms with Crippen molar-refractivity contribution in [1.29, 1.82) is 0 Å². The molecule has 0 amide bonds. The molecular formula is C11H8Cl2O4. The summed E-state index contributed by atoms with van der Waals surface area (Å²) in [6.45, 7) is 3.26. The molecule has 0 saturated heterocycles. The van der Waals surface area contributed by atoms with E-state index < -0.39 is 16.8 Å². The lowest BCUT2D eigenvalue weighted by molar-refractivity contribution is -0.132. The summed E-state index contributed by atoms with van der Waals surface area (Å²) < 4.78 is 9.64. The molecule has 4 nitrogen and oxygen atoms in total. The lowest BCUT2D eigenvalue weighted by Crippen LogP contribution is -2.15. The first kappa shape index (κ1) is 13.5. The van der Waals surface area contributed by atoms with Crippen LogP contribution < -0.4 is 9.47 Å². The predicted octanol–water partition coefficient (Wildman–Crippen LogP) is 2.49. The van der Waals surface area contributed by atoms with Gasteiger partial charge < -0.3 is 9.47 Å². The number of halogens is 2. The maximum atomic E-state index is 11.1. The summed E-state index contributed by atoms with van der Waals surface area (Å²) in [5.74, 6) is -1.02. The highest BCUT2D eigenvalue weighted by Gasteiger charge is 2.14. The second-order valence-corrected chi connectivity index (χ2v) is 3.92. The molecule has 1 aromatic carbocycles. The third-order valence-electron chi connectivity index (χ3n) is 1.59. The summed E-state index contributed by atoms with van der Waals surface area (Å²) in [6.07, 6.45) is 1.02. The summed E-state index contributed by atoms with van der Waals surface area (Å²) in [5, 5.41) is 0. The largest absolute Gasteiger partial charge is 0.424 e. The first-order valence-corrected chi connectivity index (χ1v) is 5.34. The first-order chi connectivity index (χ1) is 8.02. The van der Waals surface area contributed by atoms with E-state index in [1.54, 1.807) is 6.07 Å². The molecule has 0 aliphatic heterocycles. The van der Waals surface area contributed by atoms with Gasteiger partial charge >= 0.3 is 11.9 Å². The fourth-order valence-corrected chi connectivity index (χ4v) is 1.01. The number of rotatable bonds is 4. The Kier molecular flexibility index (Phi) is 5.00. The van der Waals surface area contributed by atoms with Crippen molar-refractivity contribution < 1.29 is 19.1 Å². The van der Waals surface area contributed by atoms with Gasteiger partial charge in [0.1, 0.15) is 11.5 Å². The molecule has 1 rings (SSSR count). The van der Waals surface area contributed by atoms with E-state index in [4.69, 9.17) is 32.7 Å². The minimum atomic E-state index is -1.27. The summed E-state index contributed by atoms with van der Waals surface area (Å²) in [5.41, 5.74) is 0. The van der Waals surface area contributed by atoms with Gasteiger partial charge in [0.05, 0.1) is 0 Å². The van der Waals surface area contributed by atoms with Crippen molar-refractivity contribution in [1.82, 2.24) is 0 Å². The van der Waals surface area contributed by atoms with Crippen LogP contribution in [0.25, 0.3) is 0 Å². The maximum absolute atomic E-state index is 11.1. The number of benzene rings is 1. The SMILES string of the molecule is C=CC(=O)Oc1cccc(OC(=O)C(Cl)Cl)c1. The number of carbonyl (C=O) groups excluding carboxylic acids is 2. The van der Waals surface area contributed by atoms with Crippen molar-refractivity contribution in [2.75, 3.05) is 0 Å². The molecule has 0 unspecified atom stereocenters. The number of carbonyl (C=O) groups is 2. The van der Waals surface area contributed by atoms with E-state index in [0.29, 0.717) is 0 Å². The Hall–Kier alpha value is -1.52. The van der Waals surface area contributed by atoms with Crippen LogP contribution >= 0.6 is 23.2 Å². The van der Waals surface area contributed by atoms with Crippen molar-refractivity contribution >= 4 is 35.1 Å². The topological polar surface area (TPSA) is 52.6 Å². The van der Waals surface area contributed by atoms with Gasteiger partial charge in [-0.1, -0.05) is 35.8 Å². The van der Waals surface area contributed by atoms with Crippen molar-refractivity contribution in [3.05, 3.63) is 36.9 Å². The van der Waals surface area contributed by atoms with Gasteiger partial charge in [0, 0.05) is 12.1 Å². The number of hydrogen-bond acceptors (Lipinski definition) is 4. The molecular weight excluding hydrogens is 267 g/mol. The molecule has 0 saturated carbocycles. The molecule has 1 aromatic rings. The smallest absolute Gasteiger partial charge is 0.344 e. The van der Waals surface area contributed by atoms with Gasteiger partial charge in [-0.25, -0.2) is 9.59 Å². The average molecular weight is 275 g/mol. The Labute approximate surface area is 108 Å². The summed E-state index contributed by atoms with van der Waals surface area (Å²) in [7, 11) is 0. The molecule has 0 aromatic heterocycles. The van der Waals surface area contributed by atoms with E-state index >= 15 is 0 Å². The standard InChI is InChI=1S/C11H8Cl2O4/c1-2-9(14)16-7-4-3-5-8(6-7)17-11(15)10(12)13/h2-6,10H,1H2. The number of alkyl halides is 2. The molecule has 6 heteroatoms. The Bertz CT molecular complexity index is 443. The highest BCUT2D eigenvalue weighted by molar-refractivity contribution is 6.53. The highest BCUT2D eigenvalue weighted by Crippen LogP contribution is 2.20. The Morgan fingerprint density at radius 2 is 1.82 bits per heavy atom. The third kappa shape index (κ3) is 4.46. The minimum absolute atomic E-state index is 0.177. The Morgan fingerprint density at radius 3 is 2.35 bits per heavy atom. The van der Waals surface area contributed by atoms with Gasteiger partial charge in [0.25, 0.3) is 0 Å². The van der Waals surface area contributed by atoms with Crippen molar-refractivity contribution in [3.8, 4) is 11.5 Å². The second kappa shape index (κ2) is 6.27. The van der Waals surface area contributed by atoms with Crippen LogP contribution in [0.2, 0.25) is 0 Å². The number of ether oxygens (including phenoxy) is 2. The lowest BCUT2D eigenvalue weighted by Gasteiger charge is -2.06. The molecule has 0 heterocycles. The first-order valence-electron chi connectivity index (χ1n) is 4.47. The van der Waals surface area contributed by atoms with Crippen LogP contribution in [0.4, 0.5) is 0 Å². The van der Waals surface area contributed by atoms with E-state index in [9.17, 15) is 9.59 Å². The number of esters is 2. The molecule has 0 spiro atoms. The van der Waals surface area contributed by atoms with E-state index in [2.05, 4.69) is 6.58 Å². The van der Waals surface area contributed by atoms with Crippen molar-refractivity contribution in [2.45, 2.75) is 4.84 Å². The van der Waals surface area contributed by atoms with Gasteiger partial charge in [0.2, 0.25) is 4.84 Å². The van der Waals surface area contributed by atoms with E-state index in [-0.39, 0.29) is 11.5 Å². The van der Waals surface area contributed by atoms with Crippen molar-refractivity contribution in [2.24, 2.45) is 0 Å². The summed E-state index contributed by atoms with van der Waals surface area (Å²) >= 11 is 10.6. The molecule has 0 aliphatic carbocycles. The average Bonchev–Trinajstić information content (AvgIpc) is 2.29. The van der Waals surface area contributed by atoms with Gasteiger partial charge in [-0.2, -0.15) is 0 Å². The normalized spacial score (nSPS) is 9.82. The van der Waals surface area contributed by atoms with Gasteiger partial charge in [-0.05, 0) is 12.1 Å². The van der Waals surface area contributed by atoms with Crippen LogP contribution in [0.3, 0.4) is 0 Å². The van der Waals surface area contributed by atoms with Crippen LogP contribution in [-0.2, 0) is 9.59 Å².